The molecule has 0 saturated carbocycles. The molecule has 0 aliphatic rings. The third-order valence-corrected chi connectivity index (χ3v) is 2.77. The van der Waals surface area contributed by atoms with Crippen LogP contribution in [0.5, 0.6) is 0 Å². The smallest absolute Gasteiger partial charge is 0.257 e. The maximum atomic E-state index is 13.1. The number of nitrogens with one attached hydrogen (secondary N) is 1. The van der Waals surface area contributed by atoms with Crippen LogP contribution in [0.4, 0.5) is 4.39 Å². The van der Waals surface area contributed by atoms with Gasteiger partial charge in [-0.2, -0.15) is 0 Å². The summed E-state index contributed by atoms with van der Waals surface area (Å²) < 4.78 is 13.1. The summed E-state index contributed by atoms with van der Waals surface area (Å²) >= 11 is 5.75. The summed E-state index contributed by atoms with van der Waals surface area (Å²) in [7, 11) is 1.44. The van der Waals surface area contributed by atoms with Gasteiger partial charge in [0.2, 0.25) is 5.91 Å². The minimum atomic E-state index is -0.657. The van der Waals surface area contributed by atoms with Crippen molar-refractivity contribution in [1.82, 2.24) is 15.2 Å². The van der Waals surface area contributed by atoms with Crippen molar-refractivity contribution in [3.8, 4) is 0 Å². The molecule has 0 spiro atoms. The predicted molar refractivity (Wildman–Crippen MR) is 74.0 cm³/mol. The van der Waals surface area contributed by atoms with E-state index in [4.69, 9.17) is 11.6 Å². The molecule has 1 rings (SSSR count). The Morgan fingerprint density at radius 2 is 2.15 bits per heavy atom. The molecule has 0 bridgehead atoms. The lowest BCUT2D eigenvalue weighted by Crippen LogP contribution is -2.39. The van der Waals surface area contributed by atoms with Gasteiger partial charge in [-0.1, -0.05) is 25.4 Å². The summed E-state index contributed by atoms with van der Waals surface area (Å²) in [4.78, 5) is 28.4. The van der Waals surface area contributed by atoms with E-state index in [1.807, 2.05) is 13.8 Å². The monoisotopic (exact) mass is 301 g/mol. The molecule has 0 atom stereocenters. The van der Waals surface area contributed by atoms with Gasteiger partial charge >= 0.3 is 0 Å². The van der Waals surface area contributed by atoms with Gasteiger partial charge in [0.15, 0.2) is 0 Å². The molecule has 7 heteroatoms. The molecular weight excluding hydrogens is 285 g/mol. The Morgan fingerprint density at radius 1 is 1.50 bits per heavy atom. The molecule has 1 aromatic heterocycles. The quantitative estimate of drug-likeness (QED) is 0.842. The summed E-state index contributed by atoms with van der Waals surface area (Å²) in [5.41, 5.74) is -0.0640. The number of hydrogen-bond donors (Lipinski definition) is 1. The minimum Gasteiger partial charge on any atom is -0.354 e. The van der Waals surface area contributed by atoms with Crippen LogP contribution in [0, 0.1) is 11.7 Å². The molecule has 0 aliphatic heterocycles. The first-order valence-electron chi connectivity index (χ1n) is 6.14. The number of hydrogen-bond acceptors (Lipinski definition) is 3. The third kappa shape index (κ3) is 4.77. The Bertz CT molecular complexity index is 508. The third-order valence-electron chi connectivity index (χ3n) is 2.47. The zero-order valence-corrected chi connectivity index (χ0v) is 12.4. The summed E-state index contributed by atoms with van der Waals surface area (Å²) in [6.07, 6.45) is 0.925. The summed E-state index contributed by atoms with van der Waals surface area (Å²) in [5.74, 6) is -1.17. The van der Waals surface area contributed by atoms with Crippen LogP contribution < -0.4 is 5.32 Å². The Labute approximate surface area is 122 Å². The predicted octanol–water partition coefficient (Wildman–Crippen LogP) is 1.72. The molecule has 1 heterocycles. The normalized spacial score (nSPS) is 10.5. The second kappa shape index (κ2) is 7.19. The number of pyridine rings is 1. The van der Waals surface area contributed by atoms with E-state index in [9.17, 15) is 14.0 Å². The molecule has 0 saturated heterocycles. The van der Waals surface area contributed by atoms with Gasteiger partial charge in [0.25, 0.3) is 5.91 Å². The second-order valence-corrected chi connectivity index (χ2v) is 5.21. The van der Waals surface area contributed by atoms with Crippen LogP contribution >= 0.6 is 11.6 Å². The van der Waals surface area contributed by atoms with E-state index in [1.54, 1.807) is 0 Å². The minimum absolute atomic E-state index is 0.0640. The molecule has 1 N–H and O–H groups in total. The van der Waals surface area contributed by atoms with Gasteiger partial charge in [-0.25, -0.2) is 9.37 Å². The lowest BCUT2D eigenvalue weighted by molar-refractivity contribution is -0.121. The molecule has 1 aromatic rings. The van der Waals surface area contributed by atoms with Crippen LogP contribution in [-0.4, -0.2) is 41.8 Å². The fourth-order valence-electron chi connectivity index (χ4n) is 1.44. The van der Waals surface area contributed by atoms with Crippen molar-refractivity contribution >= 4 is 23.4 Å². The van der Waals surface area contributed by atoms with Crippen LogP contribution in [0.2, 0.25) is 5.15 Å². The number of carbonyl (C=O) groups is 2. The van der Waals surface area contributed by atoms with E-state index >= 15 is 0 Å². The number of aromatic nitrogens is 1. The van der Waals surface area contributed by atoms with Gasteiger partial charge in [-0.15, -0.1) is 0 Å². The second-order valence-electron chi connectivity index (χ2n) is 4.85. The van der Waals surface area contributed by atoms with Gasteiger partial charge in [0, 0.05) is 13.6 Å². The fraction of sp³-hybridized carbons (Fsp3) is 0.462. The van der Waals surface area contributed by atoms with Gasteiger partial charge in [-0.05, 0) is 12.0 Å². The highest BCUT2D eigenvalue weighted by atomic mass is 35.5. The van der Waals surface area contributed by atoms with Gasteiger partial charge in [0.1, 0.15) is 11.0 Å². The maximum absolute atomic E-state index is 13.1. The molecule has 0 radical (unpaired) electrons. The molecular formula is C13H17ClFN3O2. The Kier molecular flexibility index (Phi) is 5.88. The van der Waals surface area contributed by atoms with Crippen LogP contribution in [0.25, 0.3) is 0 Å². The van der Waals surface area contributed by atoms with E-state index in [0.717, 1.165) is 17.2 Å². The van der Waals surface area contributed by atoms with Crippen LogP contribution in [0.15, 0.2) is 12.3 Å². The Hall–Kier alpha value is -1.69. The van der Waals surface area contributed by atoms with Crippen LogP contribution in [0.3, 0.4) is 0 Å². The SMILES string of the molecule is CC(C)CNC(=O)CN(C)C(=O)c1cc(F)cnc1Cl. The highest BCUT2D eigenvalue weighted by molar-refractivity contribution is 6.32. The maximum Gasteiger partial charge on any atom is 0.257 e. The molecule has 5 nitrogen and oxygen atoms in total. The molecule has 0 unspecified atom stereocenters. The van der Waals surface area contributed by atoms with Crippen LogP contribution in [0.1, 0.15) is 24.2 Å². The van der Waals surface area contributed by atoms with Gasteiger partial charge < -0.3 is 10.2 Å². The van der Waals surface area contributed by atoms with Gasteiger partial charge in [-0.3, -0.25) is 9.59 Å². The average Bonchev–Trinajstić information content (AvgIpc) is 2.38. The lowest BCUT2D eigenvalue weighted by atomic mass is 10.2. The standard InChI is InChI=1S/C13H17ClFN3O2/c1-8(2)5-16-11(19)7-18(3)13(20)10-4-9(15)6-17-12(10)14/h4,6,8H,5,7H2,1-3H3,(H,16,19). The number of amides is 2. The van der Waals surface area contributed by atoms with Gasteiger partial charge in [0.05, 0.1) is 18.3 Å². The Morgan fingerprint density at radius 3 is 2.75 bits per heavy atom. The van der Waals surface area contributed by atoms with E-state index in [1.165, 1.54) is 7.05 Å². The number of nitrogens with zero attached hydrogens (tertiary/aromatic N) is 2. The molecule has 0 aliphatic carbocycles. The van der Waals surface area contributed by atoms with Crippen molar-refractivity contribution in [2.75, 3.05) is 20.1 Å². The van der Waals surface area contributed by atoms with E-state index in [2.05, 4.69) is 10.3 Å². The first kappa shape index (κ1) is 16.4. The molecule has 110 valence electrons. The zero-order valence-electron chi connectivity index (χ0n) is 11.6. The molecule has 2 amide bonds. The highest BCUT2D eigenvalue weighted by Gasteiger charge is 2.19. The molecule has 0 fully saturated rings. The van der Waals surface area contributed by atoms with Crippen LogP contribution in [-0.2, 0) is 4.79 Å². The van der Waals surface area contributed by atoms with Crippen molar-refractivity contribution in [3.05, 3.63) is 28.8 Å². The van der Waals surface area contributed by atoms with Crippen molar-refractivity contribution < 1.29 is 14.0 Å². The lowest BCUT2D eigenvalue weighted by Gasteiger charge is -2.17. The van der Waals surface area contributed by atoms with Crippen molar-refractivity contribution in [3.63, 3.8) is 0 Å². The van der Waals surface area contributed by atoms with E-state index < -0.39 is 11.7 Å². The first-order valence-corrected chi connectivity index (χ1v) is 6.52. The van der Waals surface area contributed by atoms with Crippen molar-refractivity contribution in [2.24, 2.45) is 5.92 Å². The average molecular weight is 302 g/mol. The highest BCUT2D eigenvalue weighted by Crippen LogP contribution is 2.15. The molecule has 20 heavy (non-hydrogen) atoms. The van der Waals surface area contributed by atoms with E-state index in [0.29, 0.717) is 12.5 Å². The number of halogens is 2. The summed E-state index contributed by atoms with van der Waals surface area (Å²) in [6, 6.07) is 1.00. The fourth-order valence-corrected chi connectivity index (χ4v) is 1.62. The summed E-state index contributed by atoms with van der Waals surface area (Å²) in [5, 5.41) is 2.60. The largest absolute Gasteiger partial charge is 0.354 e. The first-order chi connectivity index (χ1) is 9.31. The summed E-state index contributed by atoms with van der Waals surface area (Å²) in [6.45, 7) is 4.34. The zero-order chi connectivity index (χ0) is 15.3. The Balaban J connectivity index is 2.67. The van der Waals surface area contributed by atoms with Crippen molar-refractivity contribution in [2.45, 2.75) is 13.8 Å². The number of likely N-dealkylation sites (N-methyl/N-ethyl adjacent to an activating group) is 1. The number of rotatable bonds is 5. The molecule has 0 aromatic carbocycles. The van der Waals surface area contributed by atoms with Crippen molar-refractivity contribution in [1.29, 1.82) is 0 Å². The number of carbonyl (C=O) groups excluding carboxylic acids is 2. The van der Waals surface area contributed by atoms with E-state index in [-0.39, 0.29) is 23.2 Å². The topological polar surface area (TPSA) is 62.3 Å².